The molecule has 0 spiro atoms. The Morgan fingerprint density at radius 3 is 2.65 bits per heavy atom. The van der Waals surface area contributed by atoms with E-state index in [4.69, 9.17) is 23.2 Å². The molecule has 0 aliphatic rings. The van der Waals surface area contributed by atoms with E-state index in [0.29, 0.717) is 21.6 Å². The van der Waals surface area contributed by atoms with E-state index in [2.05, 4.69) is 10.3 Å². The molecule has 0 aliphatic heterocycles. The predicted molar refractivity (Wildman–Crippen MR) is 85.5 cm³/mol. The summed E-state index contributed by atoms with van der Waals surface area (Å²) in [7, 11) is 0. The topological polar surface area (TPSA) is 42.0 Å². The molecular formula is C14H12Cl2N2OS. The standard InChI is InChI=1S/C14H12Cl2N2OS/c15-11-5-3-10(4-6-11)8-20-9-13(19)18-12-2-1-7-17-14(12)16/h1-7H,8-9H2,(H,18,19). The molecule has 0 aliphatic carbocycles. The van der Waals surface area contributed by atoms with Gasteiger partial charge in [-0.25, -0.2) is 4.98 Å². The van der Waals surface area contributed by atoms with Gasteiger partial charge in [0.15, 0.2) is 5.15 Å². The summed E-state index contributed by atoms with van der Waals surface area (Å²) in [6, 6.07) is 11.0. The third-order valence-electron chi connectivity index (χ3n) is 2.45. The number of aromatic nitrogens is 1. The maximum Gasteiger partial charge on any atom is 0.234 e. The molecule has 1 heterocycles. The largest absolute Gasteiger partial charge is 0.323 e. The Balaban J connectivity index is 1.78. The summed E-state index contributed by atoms with van der Waals surface area (Å²) in [5, 5.41) is 3.74. The Morgan fingerprint density at radius 1 is 1.20 bits per heavy atom. The quantitative estimate of drug-likeness (QED) is 0.834. The number of nitrogens with one attached hydrogen (secondary N) is 1. The van der Waals surface area contributed by atoms with E-state index in [9.17, 15) is 4.79 Å². The minimum absolute atomic E-state index is 0.0983. The molecule has 0 radical (unpaired) electrons. The van der Waals surface area contributed by atoms with Crippen LogP contribution < -0.4 is 5.32 Å². The van der Waals surface area contributed by atoms with Crippen molar-refractivity contribution in [2.75, 3.05) is 11.1 Å². The van der Waals surface area contributed by atoms with Gasteiger partial charge >= 0.3 is 0 Å². The number of halogens is 2. The number of carbonyl (C=O) groups excluding carboxylic acids is 1. The molecule has 0 atom stereocenters. The van der Waals surface area contributed by atoms with Crippen LogP contribution in [0.2, 0.25) is 10.2 Å². The molecular weight excluding hydrogens is 315 g/mol. The van der Waals surface area contributed by atoms with Gasteiger partial charge < -0.3 is 5.32 Å². The fraction of sp³-hybridized carbons (Fsp3) is 0.143. The van der Waals surface area contributed by atoms with E-state index in [1.807, 2.05) is 24.3 Å². The molecule has 2 rings (SSSR count). The first kappa shape index (κ1) is 15.2. The van der Waals surface area contributed by atoms with E-state index < -0.39 is 0 Å². The number of rotatable bonds is 5. The van der Waals surface area contributed by atoms with Crippen LogP contribution in [0.15, 0.2) is 42.6 Å². The van der Waals surface area contributed by atoms with Gasteiger partial charge in [0.25, 0.3) is 0 Å². The van der Waals surface area contributed by atoms with Crippen molar-refractivity contribution >= 4 is 46.6 Å². The van der Waals surface area contributed by atoms with Gasteiger partial charge in [-0.3, -0.25) is 4.79 Å². The Morgan fingerprint density at radius 2 is 1.95 bits per heavy atom. The van der Waals surface area contributed by atoms with Crippen LogP contribution >= 0.6 is 35.0 Å². The van der Waals surface area contributed by atoms with Crippen LogP contribution in [0, 0.1) is 0 Å². The van der Waals surface area contributed by atoms with Crippen molar-refractivity contribution in [2.45, 2.75) is 5.75 Å². The molecule has 0 bridgehead atoms. The van der Waals surface area contributed by atoms with Gasteiger partial charge in [-0.1, -0.05) is 35.3 Å². The first-order valence-corrected chi connectivity index (χ1v) is 7.79. The average Bonchev–Trinajstić information content (AvgIpc) is 2.44. The van der Waals surface area contributed by atoms with Crippen molar-refractivity contribution < 1.29 is 4.79 Å². The van der Waals surface area contributed by atoms with Gasteiger partial charge in [-0.15, -0.1) is 11.8 Å². The van der Waals surface area contributed by atoms with E-state index in [-0.39, 0.29) is 5.91 Å². The molecule has 1 aromatic heterocycles. The second-order valence-corrected chi connectivity index (χ2v) is 5.79. The van der Waals surface area contributed by atoms with Gasteiger partial charge in [0, 0.05) is 17.0 Å². The molecule has 6 heteroatoms. The molecule has 1 N–H and O–H groups in total. The summed E-state index contributed by atoms with van der Waals surface area (Å²) in [4.78, 5) is 15.7. The molecule has 0 saturated heterocycles. The van der Waals surface area contributed by atoms with Crippen molar-refractivity contribution in [3.63, 3.8) is 0 Å². The van der Waals surface area contributed by atoms with Gasteiger partial charge in [0.05, 0.1) is 11.4 Å². The van der Waals surface area contributed by atoms with Crippen LogP contribution in [0.4, 0.5) is 5.69 Å². The van der Waals surface area contributed by atoms with E-state index in [1.165, 1.54) is 11.8 Å². The fourth-order valence-electron chi connectivity index (χ4n) is 1.51. The zero-order chi connectivity index (χ0) is 14.4. The Kier molecular flexibility index (Phi) is 5.71. The summed E-state index contributed by atoms with van der Waals surface area (Å²) >= 11 is 13.2. The number of amides is 1. The highest BCUT2D eigenvalue weighted by atomic mass is 35.5. The lowest BCUT2D eigenvalue weighted by Crippen LogP contribution is -2.14. The zero-order valence-corrected chi connectivity index (χ0v) is 12.8. The highest BCUT2D eigenvalue weighted by Crippen LogP contribution is 2.19. The first-order chi connectivity index (χ1) is 9.65. The SMILES string of the molecule is O=C(CSCc1ccc(Cl)cc1)Nc1cccnc1Cl. The number of pyridine rings is 1. The van der Waals surface area contributed by atoms with Gasteiger partial charge in [-0.2, -0.15) is 0 Å². The summed E-state index contributed by atoms with van der Waals surface area (Å²) in [5.41, 5.74) is 1.66. The second-order valence-electron chi connectivity index (χ2n) is 4.01. The number of benzene rings is 1. The number of thioether (sulfide) groups is 1. The second kappa shape index (κ2) is 7.53. The van der Waals surface area contributed by atoms with Crippen LogP contribution in [0.5, 0.6) is 0 Å². The fourth-order valence-corrected chi connectivity index (χ4v) is 2.59. The van der Waals surface area contributed by atoms with E-state index in [0.717, 1.165) is 11.3 Å². The van der Waals surface area contributed by atoms with Crippen molar-refractivity contribution in [2.24, 2.45) is 0 Å². The normalized spacial score (nSPS) is 10.3. The molecule has 3 nitrogen and oxygen atoms in total. The summed E-state index contributed by atoms with van der Waals surface area (Å²) in [6.07, 6.45) is 1.58. The maximum absolute atomic E-state index is 11.8. The van der Waals surface area contributed by atoms with Crippen LogP contribution in [0.3, 0.4) is 0 Å². The van der Waals surface area contributed by atoms with E-state index >= 15 is 0 Å². The highest BCUT2D eigenvalue weighted by Gasteiger charge is 2.06. The number of hydrogen-bond acceptors (Lipinski definition) is 3. The summed E-state index contributed by atoms with van der Waals surface area (Å²) < 4.78 is 0. The van der Waals surface area contributed by atoms with Crippen LogP contribution in [-0.2, 0) is 10.5 Å². The minimum Gasteiger partial charge on any atom is -0.323 e. The first-order valence-electron chi connectivity index (χ1n) is 5.88. The van der Waals surface area contributed by atoms with Gasteiger partial charge in [-0.05, 0) is 29.8 Å². The molecule has 0 saturated carbocycles. The number of nitrogens with zero attached hydrogens (tertiary/aromatic N) is 1. The Bertz CT molecular complexity index is 590. The third-order valence-corrected chi connectivity index (χ3v) is 4.01. The monoisotopic (exact) mass is 326 g/mol. The minimum atomic E-state index is -0.0983. The summed E-state index contributed by atoms with van der Waals surface area (Å²) in [6.45, 7) is 0. The summed E-state index contributed by atoms with van der Waals surface area (Å²) in [5.74, 6) is 1.01. The van der Waals surface area contributed by atoms with Gasteiger partial charge in [0.1, 0.15) is 0 Å². The smallest absolute Gasteiger partial charge is 0.234 e. The number of anilines is 1. The average molecular weight is 327 g/mol. The number of carbonyl (C=O) groups is 1. The lowest BCUT2D eigenvalue weighted by atomic mass is 10.2. The molecule has 1 amide bonds. The van der Waals surface area contributed by atoms with Crippen molar-refractivity contribution in [1.82, 2.24) is 4.98 Å². The van der Waals surface area contributed by atoms with Crippen molar-refractivity contribution in [3.05, 3.63) is 58.3 Å². The van der Waals surface area contributed by atoms with Crippen molar-refractivity contribution in [3.8, 4) is 0 Å². The lowest BCUT2D eigenvalue weighted by molar-refractivity contribution is -0.113. The molecule has 1 aromatic carbocycles. The van der Waals surface area contributed by atoms with Gasteiger partial charge in [0.2, 0.25) is 5.91 Å². The highest BCUT2D eigenvalue weighted by molar-refractivity contribution is 7.99. The van der Waals surface area contributed by atoms with Crippen LogP contribution in [-0.4, -0.2) is 16.6 Å². The van der Waals surface area contributed by atoms with E-state index in [1.54, 1.807) is 18.3 Å². The molecule has 2 aromatic rings. The molecule has 20 heavy (non-hydrogen) atoms. The lowest BCUT2D eigenvalue weighted by Gasteiger charge is -2.06. The predicted octanol–water partition coefficient (Wildman–Crippen LogP) is 4.26. The maximum atomic E-state index is 11.8. The zero-order valence-electron chi connectivity index (χ0n) is 10.5. The van der Waals surface area contributed by atoms with Crippen molar-refractivity contribution in [1.29, 1.82) is 0 Å². The molecule has 0 fully saturated rings. The van der Waals surface area contributed by atoms with Crippen LogP contribution in [0.1, 0.15) is 5.56 Å². The molecule has 0 unspecified atom stereocenters. The number of hydrogen-bond donors (Lipinski definition) is 1. The Labute approximate surface area is 131 Å². The van der Waals surface area contributed by atoms with Crippen LogP contribution in [0.25, 0.3) is 0 Å². The third kappa shape index (κ3) is 4.71. The molecule has 104 valence electrons. The Hall–Kier alpha value is -1.23.